The Morgan fingerprint density at radius 3 is 2.18 bits per heavy atom. The second kappa shape index (κ2) is 7.84. The zero-order valence-corrected chi connectivity index (χ0v) is 16.9. The summed E-state index contributed by atoms with van der Waals surface area (Å²) in [6, 6.07) is 8.90. The van der Waals surface area contributed by atoms with E-state index in [1.807, 2.05) is 4.90 Å². The topological polar surface area (TPSA) is 59.1 Å². The standard InChI is InChI=1S/C22H30N2O4/c1-3-17-6-8-18(9-7-17)14-24-13-12-23(19-10-4-16(2)5-11-19)15-22(24)27-20(25)21(26)28-22/h6-9,16,19H,3-5,10-15H2,1-2H3. The fraction of sp³-hybridized carbons (Fsp3) is 0.636. The zero-order valence-electron chi connectivity index (χ0n) is 16.9. The normalized spacial score (nSPS) is 28.4. The Hall–Kier alpha value is -1.92. The van der Waals surface area contributed by atoms with Gasteiger partial charge in [-0.3, -0.25) is 4.90 Å². The number of esters is 2. The molecule has 3 aliphatic rings. The van der Waals surface area contributed by atoms with Crippen LogP contribution in [0.5, 0.6) is 0 Å². The minimum Gasteiger partial charge on any atom is -0.398 e. The number of carbonyl (C=O) groups is 2. The molecular weight excluding hydrogens is 356 g/mol. The van der Waals surface area contributed by atoms with Gasteiger partial charge < -0.3 is 9.47 Å². The summed E-state index contributed by atoms with van der Waals surface area (Å²) in [4.78, 5) is 28.2. The molecule has 0 N–H and O–H groups in total. The Morgan fingerprint density at radius 1 is 0.964 bits per heavy atom. The van der Waals surface area contributed by atoms with Gasteiger partial charge >= 0.3 is 17.8 Å². The summed E-state index contributed by atoms with van der Waals surface area (Å²) in [5, 5.41) is 0. The average molecular weight is 386 g/mol. The van der Waals surface area contributed by atoms with Gasteiger partial charge in [0.25, 0.3) is 0 Å². The molecule has 28 heavy (non-hydrogen) atoms. The van der Waals surface area contributed by atoms with Crippen molar-refractivity contribution in [1.29, 1.82) is 0 Å². The molecule has 1 saturated carbocycles. The maximum atomic E-state index is 11.9. The summed E-state index contributed by atoms with van der Waals surface area (Å²) < 4.78 is 11.1. The molecule has 0 atom stereocenters. The van der Waals surface area contributed by atoms with Gasteiger partial charge in [0.2, 0.25) is 0 Å². The summed E-state index contributed by atoms with van der Waals surface area (Å²) in [6.07, 6.45) is 5.75. The molecule has 152 valence electrons. The molecule has 6 heteroatoms. The first-order valence-electron chi connectivity index (χ1n) is 10.5. The van der Waals surface area contributed by atoms with E-state index in [1.165, 1.54) is 18.4 Å². The van der Waals surface area contributed by atoms with Crippen LogP contribution in [0.4, 0.5) is 0 Å². The molecule has 1 aliphatic carbocycles. The predicted octanol–water partition coefficient (Wildman–Crippen LogP) is 2.70. The largest absolute Gasteiger partial charge is 0.421 e. The van der Waals surface area contributed by atoms with E-state index in [2.05, 4.69) is 43.0 Å². The van der Waals surface area contributed by atoms with Crippen molar-refractivity contribution < 1.29 is 19.1 Å². The van der Waals surface area contributed by atoms with E-state index in [0.29, 0.717) is 25.7 Å². The Morgan fingerprint density at radius 2 is 1.57 bits per heavy atom. The number of benzene rings is 1. The zero-order chi connectivity index (χ0) is 19.7. The van der Waals surface area contributed by atoms with Crippen LogP contribution in [0.2, 0.25) is 0 Å². The van der Waals surface area contributed by atoms with Crippen molar-refractivity contribution in [3.05, 3.63) is 35.4 Å². The second-order valence-electron chi connectivity index (χ2n) is 8.47. The molecule has 2 saturated heterocycles. The highest BCUT2D eigenvalue weighted by molar-refractivity contribution is 6.31. The van der Waals surface area contributed by atoms with E-state index in [4.69, 9.17) is 9.47 Å². The summed E-state index contributed by atoms with van der Waals surface area (Å²) in [6.45, 7) is 7.04. The fourth-order valence-electron chi connectivity index (χ4n) is 4.66. The van der Waals surface area contributed by atoms with Crippen LogP contribution < -0.4 is 0 Å². The molecule has 0 aromatic heterocycles. The van der Waals surface area contributed by atoms with Crippen LogP contribution in [0.15, 0.2) is 24.3 Å². The maximum Gasteiger partial charge on any atom is 0.421 e. The highest BCUT2D eigenvalue weighted by atomic mass is 16.8. The molecular formula is C22H30N2O4. The van der Waals surface area contributed by atoms with E-state index in [0.717, 1.165) is 37.3 Å². The van der Waals surface area contributed by atoms with Crippen molar-refractivity contribution in [3.63, 3.8) is 0 Å². The highest BCUT2D eigenvalue weighted by Crippen LogP contribution is 2.35. The van der Waals surface area contributed by atoms with E-state index in [-0.39, 0.29) is 0 Å². The number of carbonyl (C=O) groups excluding carboxylic acids is 2. The first-order valence-corrected chi connectivity index (χ1v) is 10.5. The van der Waals surface area contributed by atoms with Gasteiger partial charge in [-0.05, 0) is 49.1 Å². The molecule has 1 spiro atoms. The summed E-state index contributed by atoms with van der Waals surface area (Å²) >= 11 is 0. The van der Waals surface area contributed by atoms with Crippen molar-refractivity contribution >= 4 is 11.9 Å². The number of aryl methyl sites for hydroxylation is 1. The Bertz CT molecular complexity index is 709. The lowest BCUT2D eigenvalue weighted by Crippen LogP contribution is -2.64. The number of nitrogens with zero attached hydrogens (tertiary/aromatic N) is 2. The van der Waals surface area contributed by atoms with Crippen LogP contribution in [-0.2, 0) is 32.0 Å². The molecule has 2 heterocycles. The summed E-state index contributed by atoms with van der Waals surface area (Å²) in [5.41, 5.74) is 2.41. The van der Waals surface area contributed by atoms with Gasteiger partial charge in [0.05, 0.1) is 6.54 Å². The molecule has 1 aromatic carbocycles. The molecule has 0 unspecified atom stereocenters. The van der Waals surface area contributed by atoms with Crippen LogP contribution in [0.1, 0.15) is 50.7 Å². The molecule has 4 rings (SSSR count). The monoisotopic (exact) mass is 386 g/mol. The lowest BCUT2D eigenvalue weighted by Gasteiger charge is -2.48. The van der Waals surface area contributed by atoms with Gasteiger partial charge in [0, 0.05) is 25.7 Å². The van der Waals surface area contributed by atoms with Gasteiger partial charge in [-0.15, -0.1) is 0 Å². The molecule has 1 aromatic rings. The van der Waals surface area contributed by atoms with Crippen LogP contribution in [0, 0.1) is 5.92 Å². The van der Waals surface area contributed by atoms with Crippen molar-refractivity contribution in [3.8, 4) is 0 Å². The molecule has 3 fully saturated rings. The van der Waals surface area contributed by atoms with E-state index in [1.54, 1.807) is 0 Å². The van der Waals surface area contributed by atoms with Crippen LogP contribution in [0.25, 0.3) is 0 Å². The summed E-state index contributed by atoms with van der Waals surface area (Å²) in [7, 11) is 0. The molecule has 0 bridgehead atoms. The Balaban J connectivity index is 1.51. The van der Waals surface area contributed by atoms with Crippen LogP contribution in [-0.4, -0.2) is 53.3 Å². The van der Waals surface area contributed by atoms with Crippen molar-refractivity contribution in [2.24, 2.45) is 5.92 Å². The lowest BCUT2D eigenvalue weighted by molar-refractivity contribution is -0.278. The third kappa shape index (κ3) is 3.80. The van der Waals surface area contributed by atoms with E-state index in [9.17, 15) is 9.59 Å². The lowest BCUT2D eigenvalue weighted by atomic mass is 9.86. The van der Waals surface area contributed by atoms with E-state index < -0.39 is 17.8 Å². The molecule has 6 nitrogen and oxygen atoms in total. The predicted molar refractivity (Wildman–Crippen MR) is 104 cm³/mol. The Kier molecular flexibility index (Phi) is 5.43. The third-order valence-electron chi connectivity index (χ3n) is 6.52. The van der Waals surface area contributed by atoms with Crippen molar-refractivity contribution in [1.82, 2.24) is 9.80 Å². The van der Waals surface area contributed by atoms with Gasteiger partial charge in [-0.2, -0.15) is 0 Å². The summed E-state index contributed by atoms with van der Waals surface area (Å²) in [5.74, 6) is -2.28. The molecule has 0 amide bonds. The first kappa shape index (κ1) is 19.4. The van der Waals surface area contributed by atoms with Gasteiger partial charge in [0.15, 0.2) is 0 Å². The molecule has 0 radical (unpaired) electrons. The second-order valence-corrected chi connectivity index (χ2v) is 8.47. The van der Waals surface area contributed by atoms with E-state index >= 15 is 0 Å². The third-order valence-corrected chi connectivity index (χ3v) is 6.52. The van der Waals surface area contributed by atoms with Crippen molar-refractivity contribution in [2.45, 2.75) is 64.4 Å². The minimum atomic E-state index is -1.29. The Labute approximate surface area is 166 Å². The molecule has 2 aliphatic heterocycles. The highest BCUT2D eigenvalue weighted by Gasteiger charge is 2.56. The number of piperazine rings is 1. The smallest absolute Gasteiger partial charge is 0.398 e. The van der Waals surface area contributed by atoms with Gasteiger partial charge in [0.1, 0.15) is 0 Å². The van der Waals surface area contributed by atoms with Crippen LogP contribution in [0.3, 0.4) is 0 Å². The number of rotatable bonds is 4. The minimum absolute atomic E-state index is 0.427. The number of hydrogen-bond acceptors (Lipinski definition) is 6. The first-order chi connectivity index (χ1) is 13.5. The van der Waals surface area contributed by atoms with Crippen molar-refractivity contribution in [2.75, 3.05) is 19.6 Å². The maximum absolute atomic E-state index is 11.9. The van der Waals surface area contributed by atoms with Gasteiger partial charge in [-0.25, -0.2) is 14.5 Å². The average Bonchev–Trinajstić information content (AvgIpc) is 2.98. The number of ether oxygens (including phenoxy) is 2. The fourth-order valence-corrected chi connectivity index (χ4v) is 4.66. The van der Waals surface area contributed by atoms with Crippen LogP contribution >= 0.6 is 0 Å². The van der Waals surface area contributed by atoms with Gasteiger partial charge in [-0.1, -0.05) is 38.1 Å². The quantitative estimate of drug-likeness (QED) is 0.586. The SMILES string of the molecule is CCc1ccc(CN2CCN(C3CCC(C)CC3)CC23OC(=O)C(=O)O3)cc1. The number of hydrogen-bond donors (Lipinski definition) is 0.